The lowest BCUT2D eigenvalue weighted by Crippen LogP contribution is -2.25. The van der Waals surface area contributed by atoms with Gasteiger partial charge in [0.2, 0.25) is 0 Å². The van der Waals surface area contributed by atoms with Crippen LogP contribution in [0, 0.1) is 0 Å². The van der Waals surface area contributed by atoms with Crippen LogP contribution in [0.2, 0.25) is 0 Å². The Balaban J connectivity index is 1.83. The van der Waals surface area contributed by atoms with Gasteiger partial charge in [-0.15, -0.1) is 12.6 Å². The molecule has 0 saturated heterocycles. The summed E-state index contributed by atoms with van der Waals surface area (Å²) in [6, 6.07) is 9.27. The Kier molecular flexibility index (Phi) is 4.23. The lowest BCUT2D eigenvalue weighted by Gasteiger charge is -2.04. The molecule has 1 aromatic heterocycles. The van der Waals surface area contributed by atoms with Crippen molar-refractivity contribution in [3.63, 3.8) is 0 Å². The van der Waals surface area contributed by atoms with Crippen LogP contribution < -0.4 is 5.32 Å². The summed E-state index contributed by atoms with van der Waals surface area (Å²) in [7, 11) is 0. The molecule has 2 rings (SSSR count). The highest BCUT2D eigenvalue weighted by Crippen LogP contribution is 2.08. The quantitative estimate of drug-likeness (QED) is 0.816. The molecule has 0 bridgehead atoms. The topological polar surface area (TPSA) is 29.1 Å². The number of nitrogens with one attached hydrogen (secondary N) is 1. The van der Waals surface area contributed by atoms with E-state index < -0.39 is 0 Å². The van der Waals surface area contributed by atoms with E-state index >= 15 is 0 Å². The highest BCUT2D eigenvalue weighted by molar-refractivity contribution is 7.80. The fraction of sp³-hybridized carbons (Fsp3) is 0.154. The van der Waals surface area contributed by atoms with Crippen molar-refractivity contribution in [2.45, 2.75) is 11.3 Å². The van der Waals surface area contributed by atoms with E-state index in [2.05, 4.69) is 29.4 Å². The first kappa shape index (κ1) is 12.2. The Hall–Kier alpha value is -1.26. The third-order valence-electron chi connectivity index (χ3n) is 2.41. The first-order valence-corrected chi connectivity index (χ1v) is 6.73. The summed E-state index contributed by atoms with van der Waals surface area (Å²) in [6.07, 6.45) is 0.875. The number of carbonyl (C=O) groups excluding carboxylic acids is 1. The molecule has 0 aliphatic rings. The highest BCUT2D eigenvalue weighted by atomic mass is 32.1. The van der Waals surface area contributed by atoms with Crippen molar-refractivity contribution in [3.8, 4) is 0 Å². The van der Waals surface area contributed by atoms with Gasteiger partial charge in [0.1, 0.15) is 0 Å². The predicted octanol–water partition coefficient (Wildman–Crippen LogP) is 3.01. The van der Waals surface area contributed by atoms with Crippen LogP contribution in [0.5, 0.6) is 0 Å². The zero-order valence-corrected chi connectivity index (χ0v) is 10.9. The van der Waals surface area contributed by atoms with E-state index in [0.29, 0.717) is 12.1 Å². The van der Waals surface area contributed by atoms with Gasteiger partial charge in [0.05, 0.1) is 0 Å². The van der Waals surface area contributed by atoms with E-state index in [9.17, 15) is 4.79 Å². The molecule has 2 nitrogen and oxygen atoms in total. The smallest absolute Gasteiger partial charge is 0.251 e. The average molecular weight is 263 g/mol. The van der Waals surface area contributed by atoms with Crippen molar-refractivity contribution in [3.05, 3.63) is 52.2 Å². The van der Waals surface area contributed by atoms with Crippen molar-refractivity contribution in [2.24, 2.45) is 0 Å². The Labute approximate surface area is 110 Å². The number of rotatable bonds is 4. The van der Waals surface area contributed by atoms with E-state index in [1.807, 2.05) is 17.5 Å². The average Bonchev–Trinajstić information content (AvgIpc) is 2.83. The van der Waals surface area contributed by atoms with E-state index in [1.54, 1.807) is 23.5 Å². The fourth-order valence-corrected chi connectivity index (χ4v) is 2.32. The summed E-state index contributed by atoms with van der Waals surface area (Å²) in [6.45, 7) is 0.665. The summed E-state index contributed by atoms with van der Waals surface area (Å²) in [5, 5.41) is 7.04. The lowest BCUT2D eigenvalue weighted by atomic mass is 10.2. The molecule has 88 valence electrons. The number of hydrogen-bond acceptors (Lipinski definition) is 3. The van der Waals surface area contributed by atoms with Crippen molar-refractivity contribution < 1.29 is 4.79 Å². The van der Waals surface area contributed by atoms with Gasteiger partial charge in [-0.3, -0.25) is 4.79 Å². The van der Waals surface area contributed by atoms with Gasteiger partial charge < -0.3 is 5.32 Å². The van der Waals surface area contributed by atoms with Crippen LogP contribution >= 0.6 is 24.0 Å². The number of amides is 1. The van der Waals surface area contributed by atoms with Crippen LogP contribution in [-0.2, 0) is 6.42 Å². The van der Waals surface area contributed by atoms with Crippen LogP contribution in [0.15, 0.2) is 46.0 Å². The van der Waals surface area contributed by atoms with E-state index in [1.165, 1.54) is 5.56 Å². The van der Waals surface area contributed by atoms with E-state index in [-0.39, 0.29) is 5.91 Å². The third kappa shape index (κ3) is 3.61. The molecule has 2 aromatic rings. The van der Waals surface area contributed by atoms with Crippen molar-refractivity contribution in [2.75, 3.05) is 6.54 Å². The van der Waals surface area contributed by atoms with Gasteiger partial charge in [-0.05, 0) is 53.1 Å². The summed E-state index contributed by atoms with van der Waals surface area (Å²) in [4.78, 5) is 12.6. The van der Waals surface area contributed by atoms with Gasteiger partial charge in [0.15, 0.2) is 0 Å². The summed E-state index contributed by atoms with van der Waals surface area (Å²) in [5.41, 5.74) is 1.94. The summed E-state index contributed by atoms with van der Waals surface area (Å²) >= 11 is 5.86. The molecular formula is C13H13NOS2. The van der Waals surface area contributed by atoms with Crippen LogP contribution in [0.25, 0.3) is 0 Å². The normalized spacial score (nSPS) is 10.2. The molecule has 1 heterocycles. The minimum atomic E-state index is -0.0337. The number of hydrogen-bond donors (Lipinski definition) is 2. The second kappa shape index (κ2) is 5.89. The molecule has 0 spiro atoms. The predicted molar refractivity (Wildman–Crippen MR) is 74.1 cm³/mol. The maximum Gasteiger partial charge on any atom is 0.251 e. The summed E-state index contributed by atoms with van der Waals surface area (Å²) < 4.78 is 0. The largest absolute Gasteiger partial charge is 0.352 e. The van der Waals surface area contributed by atoms with Gasteiger partial charge >= 0.3 is 0 Å². The van der Waals surface area contributed by atoms with Crippen molar-refractivity contribution in [1.29, 1.82) is 0 Å². The van der Waals surface area contributed by atoms with Gasteiger partial charge in [-0.1, -0.05) is 0 Å². The van der Waals surface area contributed by atoms with E-state index in [0.717, 1.165) is 11.3 Å². The lowest BCUT2D eigenvalue weighted by molar-refractivity contribution is 0.0954. The molecule has 0 unspecified atom stereocenters. The molecule has 0 radical (unpaired) electrons. The molecule has 0 atom stereocenters. The Morgan fingerprint density at radius 2 is 2.00 bits per heavy atom. The zero-order chi connectivity index (χ0) is 12.1. The highest BCUT2D eigenvalue weighted by Gasteiger charge is 2.03. The second-order valence-electron chi connectivity index (χ2n) is 3.68. The van der Waals surface area contributed by atoms with E-state index in [4.69, 9.17) is 0 Å². The zero-order valence-electron chi connectivity index (χ0n) is 9.22. The molecule has 1 N–H and O–H groups in total. The minimum absolute atomic E-state index is 0.0337. The molecule has 17 heavy (non-hydrogen) atoms. The molecule has 1 amide bonds. The van der Waals surface area contributed by atoms with Crippen molar-refractivity contribution in [1.82, 2.24) is 5.32 Å². The standard InChI is InChI=1S/C13H13NOS2/c15-13(11-1-3-12(16)4-2-11)14-7-5-10-6-8-17-9-10/h1-4,6,8-9,16H,5,7H2,(H,14,15). The first-order valence-electron chi connectivity index (χ1n) is 5.34. The maximum atomic E-state index is 11.8. The van der Waals surface area contributed by atoms with Gasteiger partial charge in [0.25, 0.3) is 5.91 Å². The van der Waals surface area contributed by atoms with Crippen molar-refractivity contribution >= 4 is 29.9 Å². The maximum absolute atomic E-state index is 11.8. The molecule has 0 saturated carbocycles. The van der Waals surface area contributed by atoms with Gasteiger partial charge in [0, 0.05) is 17.0 Å². The van der Waals surface area contributed by atoms with Crippen LogP contribution in [0.3, 0.4) is 0 Å². The minimum Gasteiger partial charge on any atom is -0.352 e. The molecule has 0 fully saturated rings. The monoisotopic (exact) mass is 263 g/mol. The van der Waals surface area contributed by atoms with Gasteiger partial charge in [-0.25, -0.2) is 0 Å². The molecular weight excluding hydrogens is 250 g/mol. The molecule has 0 aliphatic heterocycles. The third-order valence-corrected chi connectivity index (χ3v) is 3.44. The number of benzene rings is 1. The molecule has 4 heteroatoms. The Bertz CT molecular complexity index is 477. The SMILES string of the molecule is O=C(NCCc1ccsc1)c1ccc(S)cc1. The number of thiol groups is 1. The number of thiophene rings is 1. The molecule has 0 aliphatic carbocycles. The van der Waals surface area contributed by atoms with Crippen LogP contribution in [0.4, 0.5) is 0 Å². The van der Waals surface area contributed by atoms with Crippen LogP contribution in [-0.4, -0.2) is 12.5 Å². The van der Waals surface area contributed by atoms with Crippen LogP contribution in [0.1, 0.15) is 15.9 Å². The Morgan fingerprint density at radius 3 is 2.65 bits per heavy atom. The summed E-state index contributed by atoms with van der Waals surface area (Å²) in [5.74, 6) is -0.0337. The Morgan fingerprint density at radius 1 is 1.24 bits per heavy atom. The number of carbonyl (C=O) groups is 1. The molecule has 1 aromatic carbocycles. The first-order chi connectivity index (χ1) is 8.25. The van der Waals surface area contributed by atoms with Gasteiger partial charge in [-0.2, -0.15) is 11.3 Å². The second-order valence-corrected chi connectivity index (χ2v) is 4.98. The fourth-order valence-electron chi connectivity index (χ4n) is 1.47.